The summed E-state index contributed by atoms with van der Waals surface area (Å²) in [5, 5.41) is 1.79. The van der Waals surface area contributed by atoms with E-state index < -0.39 is 10.1 Å². The van der Waals surface area contributed by atoms with E-state index in [4.69, 9.17) is 4.55 Å². The Morgan fingerprint density at radius 2 is 1.75 bits per heavy atom. The molecule has 2 aromatic carbocycles. The zero-order chi connectivity index (χ0) is 11.9. The highest BCUT2D eigenvalue weighted by molar-refractivity contribution is 14.1. The lowest BCUT2D eigenvalue weighted by Gasteiger charge is -2.04. The molecular weight excluding hydrogens is 454 g/mol. The first-order chi connectivity index (χ1) is 7.38. The zero-order valence-electron chi connectivity index (χ0n) is 7.81. The fourth-order valence-electron chi connectivity index (χ4n) is 1.41. The van der Waals surface area contributed by atoms with E-state index >= 15 is 0 Å². The molecule has 0 aromatic heterocycles. The van der Waals surface area contributed by atoms with E-state index in [1.54, 1.807) is 0 Å². The smallest absolute Gasteiger partial charge is 0.282 e. The van der Waals surface area contributed by atoms with Gasteiger partial charge in [-0.1, -0.05) is 6.07 Å². The van der Waals surface area contributed by atoms with Crippen LogP contribution in [0.5, 0.6) is 0 Å². The van der Waals surface area contributed by atoms with Gasteiger partial charge in [0.05, 0.1) is 4.90 Å². The average molecular weight is 460 g/mol. The standard InChI is InChI=1S/C10H6I2O3S/c11-7-2-1-6-3-8(16(13,14)15)5-10(12)9(6)4-7/h1-5H,(H,13,14,15). The van der Waals surface area contributed by atoms with Crippen LogP contribution in [0.1, 0.15) is 0 Å². The van der Waals surface area contributed by atoms with Gasteiger partial charge in [0.1, 0.15) is 0 Å². The Kier molecular flexibility index (Phi) is 3.44. The summed E-state index contributed by atoms with van der Waals surface area (Å²) < 4.78 is 33.0. The maximum Gasteiger partial charge on any atom is 0.294 e. The minimum absolute atomic E-state index is 0.0643. The molecule has 6 heteroatoms. The van der Waals surface area contributed by atoms with E-state index in [2.05, 4.69) is 45.2 Å². The highest BCUT2D eigenvalue weighted by Crippen LogP contribution is 2.26. The number of hydrogen-bond acceptors (Lipinski definition) is 2. The van der Waals surface area contributed by atoms with Crippen molar-refractivity contribution >= 4 is 66.1 Å². The van der Waals surface area contributed by atoms with Crippen molar-refractivity contribution in [1.29, 1.82) is 0 Å². The fraction of sp³-hybridized carbons (Fsp3) is 0. The third-order valence-electron chi connectivity index (χ3n) is 2.14. The molecule has 0 aliphatic carbocycles. The molecule has 0 fully saturated rings. The van der Waals surface area contributed by atoms with Crippen molar-refractivity contribution in [2.45, 2.75) is 4.90 Å². The van der Waals surface area contributed by atoms with Crippen LogP contribution < -0.4 is 0 Å². The minimum atomic E-state index is -4.13. The van der Waals surface area contributed by atoms with Crippen LogP contribution in [-0.2, 0) is 10.1 Å². The van der Waals surface area contributed by atoms with Crippen LogP contribution in [-0.4, -0.2) is 13.0 Å². The van der Waals surface area contributed by atoms with Crippen LogP contribution in [0.15, 0.2) is 35.2 Å². The molecular formula is C10H6I2O3S. The second-order valence-corrected chi connectivity index (χ2v) is 7.07. The van der Waals surface area contributed by atoms with Crippen LogP contribution >= 0.6 is 45.2 Å². The lowest BCUT2D eigenvalue weighted by Crippen LogP contribution is -1.98. The Hall–Kier alpha value is 0.0700. The van der Waals surface area contributed by atoms with Crippen molar-refractivity contribution in [3.8, 4) is 0 Å². The molecule has 16 heavy (non-hydrogen) atoms. The summed E-state index contributed by atoms with van der Waals surface area (Å²) in [7, 11) is -4.13. The molecule has 0 aliphatic heterocycles. The average Bonchev–Trinajstić information content (AvgIpc) is 2.17. The molecule has 0 radical (unpaired) electrons. The molecule has 0 amide bonds. The van der Waals surface area contributed by atoms with Gasteiger partial charge in [0, 0.05) is 7.14 Å². The van der Waals surface area contributed by atoms with E-state index in [1.165, 1.54) is 12.1 Å². The third kappa shape index (κ3) is 2.49. The van der Waals surface area contributed by atoms with Gasteiger partial charge in [0.25, 0.3) is 10.1 Å². The summed E-state index contributed by atoms with van der Waals surface area (Å²) in [6.45, 7) is 0. The molecule has 2 aromatic rings. The second kappa shape index (κ2) is 4.39. The molecule has 3 nitrogen and oxygen atoms in total. The first kappa shape index (κ1) is 12.5. The van der Waals surface area contributed by atoms with Gasteiger partial charge in [-0.3, -0.25) is 4.55 Å². The summed E-state index contributed by atoms with van der Waals surface area (Å²) in [6, 6.07) is 8.66. The fourth-order valence-corrected chi connectivity index (χ4v) is 3.46. The Morgan fingerprint density at radius 3 is 2.38 bits per heavy atom. The molecule has 84 valence electrons. The molecule has 0 atom stereocenters. The lowest BCUT2D eigenvalue weighted by atomic mass is 10.1. The molecule has 0 saturated heterocycles. The largest absolute Gasteiger partial charge is 0.294 e. The predicted octanol–water partition coefficient (Wildman–Crippen LogP) is 3.30. The zero-order valence-corrected chi connectivity index (χ0v) is 12.9. The Balaban J connectivity index is 2.84. The van der Waals surface area contributed by atoms with E-state index in [1.807, 2.05) is 18.2 Å². The summed E-state index contributed by atoms with van der Waals surface area (Å²) in [5.41, 5.74) is 0. The number of halogens is 2. The molecule has 0 aliphatic rings. The lowest BCUT2D eigenvalue weighted by molar-refractivity contribution is 0.483. The number of hydrogen-bond donors (Lipinski definition) is 1. The Labute approximate surface area is 120 Å². The van der Waals surface area contributed by atoms with Crippen LogP contribution in [0.3, 0.4) is 0 Å². The van der Waals surface area contributed by atoms with Gasteiger partial charge in [0.15, 0.2) is 0 Å². The van der Waals surface area contributed by atoms with Gasteiger partial charge < -0.3 is 0 Å². The van der Waals surface area contributed by atoms with Crippen LogP contribution in [0.2, 0.25) is 0 Å². The van der Waals surface area contributed by atoms with Crippen molar-refractivity contribution in [1.82, 2.24) is 0 Å². The van der Waals surface area contributed by atoms with E-state index in [-0.39, 0.29) is 4.90 Å². The van der Waals surface area contributed by atoms with Crippen LogP contribution in [0.25, 0.3) is 10.8 Å². The van der Waals surface area contributed by atoms with E-state index in [9.17, 15) is 8.42 Å². The summed E-state index contributed by atoms with van der Waals surface area (Å²) in [4.78, 5) is -0.0643. The van der Waals surface area contributed by atoms with Gasteiger partial charge in [-0.25, -0.2) is 0 Å². The minimum Gasteiger partial charge on any atom is -0.282 e. The molecule has 1 N–H and O–H groups in total. The maximum atomic E-state index is 11.0. The molecule has 0 saturated carbocycles. The van der Waals surface area contributed by atoms with Crippen molar-refractivity contribution in [2.24, 2.45) is 0 Å². The summed E-state index contributed by atoms with van der Waals surface area (Å²) in [5.74, 6) is 0. The van der Waals surface area contributed by atoms with Gasteiger partial charge in [0.2, 0.25) is 0 Å². The second-order valence-electron chi connectivity index (χ2n) is 3.25. The Bertz CT molecular complexity index is 665. The topological polar surface area (TPSA) is 54.4 Å². The molecule has 0 spiro atoms. The molecule has 0 heterocycles. The van der Waals surface area contributed by atoms with Crippen LogP contribution in [0.4, 0.5) is 0 Å². The maximum absolute atomic E-state index is 11.0. The van der Waals surface area contributed by atoms with E-state index in [0.717, 1.165) is 17.9 Å². The van der Waals surface area contributed by atoms with Crippen molar-refractivity contribution in [3.05, 3.63) is 37.5 Å². The van der Waals surface area contributed by atoms with E-state index in [0.29, 0.717) is 0 Å². The number of benzene rings is 2. The van der Waals surface area contributed by atoms with Crippen molar-refractivity contribution in [2.75, 3.05) is 0 Å². The predicted molar refractivity (Wildman–Crippen MR) is 79.2 cm³/mol. The Morgan fingerprint density at radius 1 is 1.06 bits per heavy atom. The summed E-state index contributed by atoms with van der Waals surface area (Å²) in [6.07, 6.45) is 0. The van der Waals surface area contributed by atoms with Crippen molar-refractivity contribution < 1.29 is 13.0 Å². The normalized spacial score (nSPS) is 11.9. The highest BCUT2D eigenvalue weighted by atomic mass is 127. The SMILES string of the molecule is O=S(=O)(O)c1cc(I)c2cc(I)ccc2c1. The quantitative estimate of drug-likeness (QED) is 0.526. The number of rotatable bonds is 1. The monoisotopic (exact) mass is 460 g/mol. The van der Waals surface area contributed by atoms with Crippen LogP contribution in [0, 0.1) is 7.14 Å². The first-order valence-corrected chi connectivity index (χ1v) is 7.84. The van der Waals surface area contributed by atoms with Gasteiger partial charge in [-0.05, 0) is 80.2 Å². The molecule has 2 rings (SSSR count). The van der Waals surface area contributed by atoms with Gasteiger partial charge in [-0.15, -0.1) is 0 Å². The van der Waals surface area contributed by atoms with Crippen molar-refractivity contribution in [3.63, 3.8) is 0 Å². The first-order valence-electron chi connectivity index (χ1n) is 4.24. The van der Waals surface area contributed by atoms with Gasteiger partial charge >= 0.3 is 0 Å². The third-order valence-corrected chi connectivity index (χ3v) is 4.53. The molecule has 0 unspecified atom stereocenters. The van der Waals surface area contributed by atoms with Gasteiger partial charge in [-0.2, -0.15) is 8.42 Å². The number of fused-ring (bicyclic) bond motifs is 1. The molecule has 0 bridgehead atoms. The highest BCUT2D eigenvalue weighted by Gasteiger charge is 2.12. The summed E-state index contributed by atoms with van der Waals surface area (Å²) >= 11 is 4.26.